The molecule has 0 spiro atoms. The highest BCUT2D eigenvalue weighted by Gasteiger charge is -0.113. The van der Waals surface area contributed by atoms with Gasteiger partial charge in [0.15, 0.2) is 0 Å². The molecule has 0 rings (SSSR count). The standard InChI is InChI=1S/2BrH.ClH.H3N/h3*1H;1H3. The molecule has 0 heterocycles. The van der Waals surface area contributed by atoms with Gasteiger partial charge in [-0.1, -0.05) is 0 Å². The lowest BCUT2D eigenvalue weighted by atomic mass is 14.0. The molecule has 0 aromatic heterocycles. The third kappa shape index (κ3) is 10.7. The van der Waals surface area contributed by atoms with Crippen molar-refractivity contribution in [3.05, 3.63) is 0 Å². The molecule has 0 bridgehead atoms. The molecule has 0 aliphatic carbocycles. The fourth-order valence-corrected chi connectivity index (χ4v) is 0. The van der Waals surface area contributed by atoms with Gasteiger partial charge in [-0.2, -0.15) is 0 Å². The van der Waals surface area contributed by atoms with Crippen molar-refractivity contribution in [1.82, 2.24) is 6.15 Å². The molecule has 1 nitrogen and oxygen atoms in total. The smallest absolute Gasteiger partial charge is 0.114 e. The zero-order valence-corrected chi connectivity index (χ0v) is 6.17. The lowest BCUT2D eigenvalue weighted by Crippen LogP contribution is -0.481. The Kier molecular flexibility index (Phi) is 467. The van der Waals surface area contributed by atoms with Crippen LogP contribution in [0.1, 0.15) is 0 Å². The Morgan fingerprint density at radius 1 is 0.750 bits per heavy atom. The Morgan fingerprint density at radius 3 is 0.750 bits per heavy atom. The summed E-state index contributed by atoms with van der Waals surface area (Å²) in [5.74, 6) is 0. The first-order chi connectivity index (χ1) is 0. The van der Waals surface area contributed by atoms with Crippen LogP contribution in [0.5, 0.6) is 0 Å². The Balaban J connectivity index is 0. The van der Waals surface area contributed by atoms with Crippen LogP contribution in [-0.2, 0) is 0 Å². The maximum Gasteiger partial charge on any atom is -0.114 e. The molecule has 0 aromatic rings. The summed E-state index contributed by atoms with van der Waals surface area (Å²) < 4.78 is 0. The molecule has 0 amide bonds. The van der Waals surface area contributed by atoms with E-state index < -0.39 is 0 Å². The fraction of sp³-hybridized carbons (Fsp3) is 0. The maximum atomic E-state index is 0. The molecule has 0 saturated heterocycles. The van der Waals surface area contributed by atoms with Crippen LogP contribution in [-0.4, -0.2) is 0 Å². The summed E-state index contributed by atoms with van der Waals surface area (Å²) in [6.45, 7) is 0. The van der Waals surface area contributed by atoms with Gasteiger partial charge >= 0.3 is 0 Å². The normalized spacial score (nSPS) is 0. The van der Waals surface area contributed by atoms with Crippen LogP contribution in [0.3, 0.4) is 0 Å². The fourth-order valence-electron chi connectivity index (χ4n) is 0. The lowest BCUT2D eigenvalue weighted by Gasteiger charge is -0.344. The molecule has 0 unspecified atom stereocenters. The van der Waals surface area contributed by atoms with E-state index in [2.05, 4.69) is 0 Å². The topological polar surface area (TPSA) is 35.0 Å². The van der Waals surface area contributed by atoms with Crippen molar-refractivity contribution in [1.29, 1.82) is 0 Å². The van der Waals surface area contributed by atoms with Crippen molar-refractivity contribution in [3.63, 3.8) is 0 Å². The molecule has 0 aliphatic rings. The lowest BCUT2D eigenvalue weighted by molar-refractivity contribution is 2.13. The Hall–Kier alpha value is 1.21. The second-order valence-corrected chi connectivity index (χ2v) is 0. The molecule has 0 aliphatic heterocycles. The first-order valence-electron chi connectivity index (χ1n) is 0. The van der Waals surface area contributed by atoms with Gasteiger partial charge in [0, 0.05) is 0 Å². The van der Waals surface area contributed by atoms with Crippen molar-refractivity contribution in [2.24, 2.45) is 0 Å². The van der Waals surface area contributed by atoms with E-state index in [1.165, 1.54) is 0 Å². The van der Waals surface area contributed by atoms with Gasteiger partial charge in [-0.15, -0.1) is 46.4 Å². The van der Waals surface area contributed by atoms with Crippen LogP contribution < -0.4 is 6.15 Å². The quantitative estimate of drug-likeness (QED) is 0.656. The van der Waals surface area contributed by atoms with Gasteiger partial charge in [-0.25, -0.2) is 0 Å². The van der Waals surface area contributed by atoms with Gasteiger partial charge in [0.1, 0.15) is 0 Å². The first-order valence-corrected chi connectivity index (χ1v) is 0. The summed E-state index contributed by atoms with van der Waals surface area (Å²) >= 11 is 0. The molecule has 0 aromatic carbocycles. The van der Waals surface area contributed by atoms with Gasteiger partial charge in [0.25, 0.3) is 0 Å². The number of rotatable bonds is 0. The monoisotopic (exact) mass is 213 g/mol. The Labute approximate surface area is 52.7 Å². The Bertz CT molecular complexity index is 6.00. The zero-order valence-electron chi connectivity index (χ0n) is 1.93. The van der Waals surface area contributed by atoms with Crippen molar-refractivity contribution in [2.45, 2.75) is 0 Å². The molecule has 3 N–H and O–H groups in total. The van der Waals surface area contributed by atoms with E-state index >= 15 is 0 Å². The van der Waals surface area contributed by atoms with Gasteiger partial charge in [0.05, 0.1) is 0 Å². The van der Waals surface area contributed by atoms with Crippen LogP contribution in [0.25, 0.3) is 0 Å². The summed E-state index contributed by atoms with van der Waals surface area (Å²) in [6.07, 6.45) is 0. The molecule has 0 atom stereocenters. The van der Waals surface area contributed by atoms with Gasteiger partial charge in [0.2, 0.25) is 0 Å². The maximum absolute atomic E-state index is 0. The number of hydrogen-bond donors (Lipinski definition) is 1. The summed E-state index contributed by atoms with van der Waals surface area (Å²) in [7, 11) is 0. The van der Waals surface area contributed by atoms with Crippen LogP contribution in [0, 0.1) is 0 Å². The SMILES string of the molecule is Br.Br.Cl.N. The number of halogens is 3. The Morgan fingerprint density at radius 2 is 0.750 bits per heavy atom. The van der Waals surface area contributed by atoms with Crippen LogP contribution in [0.4, 0.5) is 0 Å². The molecular formula is H6Br2ClN. The zero-order chi connectivity index (χ0) is 0. The predicted molar refractivity (Wildman–Crippen MR) is 32.9 cm³/mol. The summed E-state index contributed by atoms with van der Waals surface area (Å²) in [5.41, 5.74) is 0. The second kappa shape index (κ2) is 29.6. The van der Waals surface area contributed by atoms with E-state index in [1.807, 2.05) is 0 Å². The molecule has 0 fully saturated rings. The minimum absolute atomic E-state index is 0. The molecule has 0 radical (unpaired) electrons. The van der Waals surface area contributed by atoms with Gasteiger partial charge in [-0.3, -0.25) is 0 Å². The molecule has 4 heteroatoms. The average Bonchev–Trinajstić information content (AvgIpc) is 0. The predicted octanol–water partition coefficient (Wildman–Crippen LogP) is 1.74. The van der Waals surface area contributed by atoms with E-state index in [0.717, 1.165) is 0 Å². The van der Waals surface area contributed by atoms with Crippen molar-refractivity contribution in [3.8, 4) is 0 Å². The molecular weight excluding hydrogens is 209 g/mol. The van der Waals surface area contributed by atoms with E-state index in [1.54, 1.807) is 0 Å². The summed E-state index contributed by atoms with van der Waals surface area (Å²) in [5, 5.41) is 0. The van der Waals surface area contributed by atoms with Crippen LogP contribution in [0.15, 0.2) is 0 Å². The second-order valence-electron chi connectivity index (χ2n) is 0. The third-order valence-corrected chi connectivity index (χ3v) is 0. The molecule has 32 valence electrons. The van der Waals surface area contributed by atoms with Gasteiger partial charge < -0.3 is 6.15 Å². The first kappa shape index (κ1) is 63.1. The van der Waals surface area contributed by atoms with E-state index in [0.29, 0.717) is 0 Å². The highest BCUT2D eigenvalue weighted by molar-refractivity contribution is 8.93. The average molecular weight is 215 g/mol. The minimum Gasteiger partial charge on any atom is -0.344 e. The molecule has 4 heavy (non-hydrogen) atoms. The van der Waals surface area contributed by atoms with Crippen LogP contribution in [0.2, 0.25) is 0 Å². The van der Waals surface area contributed by atoms with Gasteiger partial charge in [-0.05, 0) is 0 Å². The highest BCUT2D eigenvalue weighted by Crippen LogP contribution is 0.847. The number of hydrogen-bond acceptors (Lipinski definition) is 1. The molecule has 0 saturated carbocycles. The van der Waals surface area contributed by atoms with E-state index in [4.69, 9.17) is 0 Å². The van der Waals surface area contributed by atoms with E-state index in [9.17, 15) is 0 Å². The third-order valence-electron chi connectivity index (χ3n) is 0. The van der Waals surface area contributed by atoms with Crippen LogP contribution >= 0.6 is 46.4 Å². The largest absolute Gasteiger partial charge is 0.344 e. The van der Waals surface area contributed by atoms with Crippen molar-refractivity contribution in [2.75, 3.05) is 0 Å². The summed E-state index contributed by atoms with van der Waals surface area (Å²) in [4.78, 5) is 0. The summed E-state index contributed by atoms with van der Waals surface area (Å²) in [6, 6.07) is 0. The van der Waals surface area contributed by atoms with Crippen molar-refractivity contribution >= 4 is 46.4 Å². The minimum atomic E-state index is 0. The highest BCUT2D eigenvalue weighted by atomic mass is 79.9. The van der Waals surface area contributed by atoms with E-state index in [-0.39, 0.29) is 52.5 Å². The van der Waals surface area contributed by atoms with Crippen molar-refractivity contribution < 1.29 is 0 Å².